The van der Waals surface area contributed by atoms with E-state index in [4.69, 9.17) is 0 Å². The standard InChI is InChI=1S/C14H26BN5O2.C13H23N5O/c1-14(2,19-8-6-16-11-19)4-5-18-13(21)12-10-20(15(3)22)9-7-17-12;1-13(2,18-8-7-15-10-18)3-4-17-12(19)11-9-14-5-6-16-11/h6,8,11-12,17,22H,4-5,7,9-10H2,1-3H3,(H,18,21);7-8,10-11,14,16H,3-6,9H2,1-2H3,(H,17,19)/t12-;11-/m11/s1. The van der Waals surface area contributed by atoms with E-state index in [1.165, 1.54) is 0 Å². The molecule has 41 heavy (non-hydrogen) atoms. The number of hydrogen-bond acceptors (Lipinski definition) is 9. The number of imidazole rings is 2. The van der Waals surface area contributed by atoms with Crippen LogP contribution in [0.4, 0.5) is 0 Å². The minimum atomic E-state index is -0.516. The molecule has 0 unspecified atom stereocenters. The van der Waals surface area contributed by atoms with Crippen molar-refractivity contribution < 1.29 is 14.6 Å². The average Bonchev–Trinajstić information content (AvgIpc) is 3.70. The summed E-state index contributed by atoms with van der Waals surface area (Å²) in [5.74, 6) is 0.0698. The highest BCUT2D eigenvalue weighted by molar-refractivity contribution is 6.45. The first kappa shape index (κ1) is 32.7. The molecule has 228 valence electrons. The number of aromatic nitrogens is 4. The van der Waals surface area contributed by atoms with Gasteiger partial charge in [0.25, 0.3) is 0 Å². The summed E-state index contributed by atoms with van der Waals surface area (Å²) in [5, 5.41) is 25.2. The molecule has 13 nitrogen and oxygen atoms in total. The van der Waals surface area contributed by atoms with Gasteiger partial charge in [-0.3, -0.25) is 9.59 Å². The molecule has 4 heterocycles. The zero-order valence-corrected chi connectivity index (χ0v) is 25.3. The van der Waals surface area contributed by atoms with Crippen LogP contribution in [0.15, 0.2) is 37.4 Å². The first-order valence-electron chi connectivity index (χ1n) is 14.6. The fraction of sp³-hybridized carbons (Fsp3) is 0.704. The zero-order valence-electron chi connectivity index (χ0n) is 25.3. The zero-order chi connectivity index (χ0) is 29.9. The van der Waals surface area contributed by atoms with Crippen LogP contribution >= 0.6 is 0 Å². The molecule has 14 heteroatoms. The van der Waals surface area contributed by atoms with Crippen LogP contribution in [-0.4, -0.2) is 112 Å². The second-order valence-electron chi connectivity index (χ2n) is 12.0. The van der Waals surface area contributed by atoms with Crippen LogP contribution in [0.25, 0.3) is 0 Å². The van der Waals surface area contributed by atoms with Gasteiger partial charge in [0.2, 0.25) is 11.8 Å². The second-order valence-corrected chi connectivity index (χ2v) is 12.0. The Labute approximate surface area is 244 Å². The number of nitrogens with one attached hydrogen (secondary N) is 5. The summed E-state index contributed by atoms with van der Waals surface area (Å²) in [6.07, 6.45) is 12.7. The number of carbonyl (C=O) groups is 2. The minimum Gasteiger partial charge on any atom is -0.437 e. The van der Waals surface area contributed by atoms with Crippen molar-refractivity contribution in [2.24, 2.45) is 0 Å². The molecule has 0 spiro atoms. The normalized spacial score (nSPS) is 20.0. The molecule has 2 aromatic heterocycles. The summed E-state index contributed by atoms with van der Waals surface area (Å²) in [6.45, 7) is 16.0. The van der Waals surface area contributed by atoms with Crippen molar-refractivity contribution in [3.63, 3.8) is 0 Å². The molecule has 4 rings (SSSR count). The van der Waals surface area contributed by atoms with E-state index in [9.17, 15) is 14.6 Å². The Balaban J connectivity index is 0.000000228. The lowest BCUT2D eigenvalue weighted by molar-refractivity contribution is -0.124. The molecule has 2 atom stereocenters. The van der Waals surface area contributed by atoms with E-state index in [0.717, 1.165) is 32.5 Å². The van der Waals surface area contributed by atoms with Crippen LogP contribution < -0.4 is 26.6 Å². The lowest BCUT2D eigenvalue weighted by Gasteiger charge is -2.34. The number of hydrogen-bond donors (Lipinski definition) is 6. The molecule has 0 aromatic carbocycles. The Hall–Kier alpha value is -2.78. The van der Waals surface area contributed by atoms with E-state index in [2.05, 4.69) is 68.8 Å². The predicted octanol–water partition coefficient (Wildman–Crippen LogP) is -0.805. The fourth-order valence-corrected chi connectivity index (χ4v) is 4.85. The third-order valence-corrected chi connectivity index (χ3v) is 7.89. The highest BCUT2D eigenvalue weighted by atomic mass is 16.2. The first-order chi connectivity index (χ1) is 19.5. The molecule has 0 saturated carbocycles. The summed E-state index contributed by atoms with van der Waals surface area (Å²) >= 11 is 0. The summed E-state index contributed by atoms with van der Waals surface area (Å²) in [7, 11) is -0.516. The summed E-state index contributed by atoms with van der Waals surface area (Å²) in [6, 6.07) is -0.371. The van der Waals surface area contributed by atoms with Crippen molar-refractivity contribution in [3.8, 4) is 0 Å². The lowest BCUT2D eigenvalue weighted by Crippen LogP contribution is -2.60. The van der Waals surface area contributed by atoms with Crippen LogP contribution in [0.2, 0.25) is 6.82 Å². The van der Waals surface area contributed by atoms with Crippen LogP contribution in [0.3, 0.4) is 0 Å². The van der Waals surface area contributed by atoms with E-state index in [1.54, 1.807) is 25.5 Å². The first-order valence-corrected chi connectivity index (χ1v) is 14.6. The van der Waals surface area contributed by atoms with E-state index in [0.29, 0.717) is 32.7 Å². The molecule has 2 fully saturated rings. The van der Waals surface area contributed by atoms with E-state index in [1.807, 2.05) is 28.1 Å². The molecule has 2 saturated heterocycles. The Morgan fingerprint density at radius 2 is 1.44 bits per heavy atom. The summed E-state index contributed by atoms with van der Waals surface area (Å²) in [5.41, 5.74) is -0.128. The lowest BCUT2D eigenvalue weighted by atomic mass is 9.83. The topological polar surface area (TPSA) is 153 Å². The maximum atomic E-state index is 12.2. The van der Waals surface area contributed by atoms with Crippen molar-refractivity contribution in [2.75, 3.05) is 52.4 Å². The Morgan fingerprint density at radius 1 is 0.902 bits per heavy atom. The van der Waals surface area contributed by atoms with Crippen molar-refractivity contribution in [3.05, 3.63) is 37.4 Å². The van der Waals surface area contributed by atoms with Gasteiger partial charge in [0.1, 0.15) is 0 Å². The van der Waals surface area contributed by atoms with Gasteiger partial charge in [0.15, 0.2) is 0 Å². The number of rotatable bonds is 11. The van der Waals surface area contributed by atoms with Crippen molar-refractivity contribution >= 4 is 18.9 Å². The van der Waals surface area contributed by atoms with Gasteiger partial charge in [-0.15, -0.1) is 0 Å². The number of piperazine rings is 2. The molecule has 2 aliphatic heterocycles. The molecule has 0 aliphatic carbocycles. The van der Waals surface area contributed by atoms with E-state index in [-0.39, 0.29) is 35.0 Å². The molecule has 0 radical (unpaired) electrons. The van der Waals surface area contributed by atoms with Crippen molar-refractivity contribution in [1.29, 1.82) is 0 Å². The highest BCUT2D eigenvalue weighted by Crippen LogP contribution is 2.19. The highest BCUT2D eigenvalue weighted by Gasteiger charge is 2.29. The van der Waals surface area contributed by atoms with Crippen molar-refractivity contribution in [2.45, 2.75) is 70.5 Å². The van der Waals surface area contributed by atoms with Gasteiger partial charge < -0.3 is 45.6 Å². The van der Waals surface area contributed by atoms with Gasteiger partial charge >= 0.3 is 7.05 Å². The maximum absolute atomic E-state index is 12.2. The minimum absolute atomic E-state index is 0.00761. The predicted molar refractivity (Wildman–Crippen MR) is 160 cm³/mol. The van der Waals surface area contributed by atoms with Gasteiger partial charge in [0, 0.05) is 88.2 Å². The number of amides is 2. The van der Waals surface area contributed by atoms with Crippen molar-refractivity contribution in [1.82, 2.24) is 50.5 Å². The largest absolute Gasteiger partial charge is 0.437 e. The fourth-order valence-electron chi connectivity index (χ4n) is 4.85. The SMILES string of the molecule is CB(O)N1CCN[C@@H](C(=O)NCCC(C)(C)n2ccnc2)C1.CC(C)(CCNC(=O)[C@H]1CNCCN1)n1ccnc1. The maximum Gasteiger partial charge on any atom is 0.376 e. The van der Waals surface area contributed by atoms with Gasteiger partial charge in [-0.05, 0) is 47.4 Å². The summed E-state index contributed by atoms with van der Waals surface area (Å²) in [4.78, 5) is 34.2. The monoisotopic (exact) mass is 572 g/mol. The average molecular weight is 573 g/mol. The number of nitrogens with zero attached hydrogens (tertiary/aromatic N) is 5. The third-order valence-electron chi connectivity index (χ3n) is 7.89. The van der Waals surface area contributed by atoms with Gasteiger partial charge in [0.05, 0.1) is 24.7 Å². The smallest absolute Gasteiger partial charge is 0.376 e. The van der Waals surface area contributed by atoms with E-state index >= 15 is 0 Å². The quantitative estimate of drug-likeness (QED) is 0.190. The van der Waals surface area contributed by atoms with Crippen LogP contribution in [-0.2, 0) is 20.7 Å². The van der Waals surface area contributed by atoms with Crippen LogP contribution in [0, 0.1) is 0 Å². The summed E-state index contributed by atoms with van der Waals surface area (Å²) < 4.78 is 4.12. The van der Waals surface area contributed by atoms with Gasteiger partial charge in [-0.25, -0.2) is 9.97 Å². The molecular formula is C27H49BN10O3. The van der Waals surface area contributed by atoms with E-state index < -0.39 is 7.05 Å². The molecule has 2 aliphatic rings. The molecule has 2 amide bonds. The van der Waals surface area contributed by atoms with Crippen LogP contribution in [0.1, 0.15) is 40.5 Å². The molecule has 2 aromatic rings. The Kier molecular flexibility index (Phi) is 12.3. The van der Waals surface area contributed by atoms with Gasteiger partial charge in [-0.2, -0.15) is 0 Å². The Morgan fingerprint density at radius 3 is 1.90 bits per heavy atom. The molecule has 6 N–H and O–H groups in total. The Bertz CT molecular complexity index is 1040. The number of carbonyl (C=O) groups excluding carboxylic acids is 2. The molecular weight excluding hydrogens is 523 g/mol. The van der Waals surface area contributed by atoms with Gasteiger partial charge in [-0.1, -0.05) is 0 Å². The molecule has 0 bridgehead atoms. The third kappa shape index (κ3) is 10.2. The second kappa shape index (κ2) is 15.5. The van der Waals surface area contributed by atoms with Crippen LogP contribution in [0.5, 0.6) is 0 Å².